The fraction of sp³-hybridized carbons (Fsp3) is 0.500. The third-order valence-electron chi connectivity index (χ3n) is 2.40. The number of aromatic nitrogens is 1. The van der Waals surface area contributed by atoms with Crippen molar-refractivity contribution < 1.29 is 19.4 Å². The van der Waals surface area contributed by atoms with Crippen LogP contribution in [0.25, 0.3) is 0 Å². The molecule has 0 saturated heterocycles. The Kier molecular flexibility index (Phi) is 6.11. The lowest BCUT2D eigenvalue weighted by Crippen LogP contribution is -2.36. The van der Waals surface area contributed by atoms with E-state index in [1.165, 1.54) is 18.3 Å². The highest BCUT2D eigenvalue weighted by atomic mass is 16.6. The Morgan fingerprint density at radius 3 is 2.55 bits per heavy atom. The Bertz CT molecular complexity index is 511. The zero-order valence-electron chi connectivity index (χ0n) is 13.1. The first-order valence-electron chi connectivity index (χ1n) is 6.91. The number of carbonyl (C=O) groups excluding carboxylic acids is 2. The summed E-state index contributed by atoms with van der Waals surface area (Å²) in [5.41, 5.74) is 4.60. The minimum atomic E-state index is -0.890. The second-order valence-corrected chi connectivity index (χ2v) is 5.58. The summed E-state index contributed by atoms with van der Waals surface area (Å²) in [5.74, 6) is -0.0769. The molecule has 0 aliphatic carbocycles. The minimum absolute atomic E-state index is 0.301. The number of nitrogens with zero attached hydrogens (tertiary/aromatic N) is 1. The molecule has 122 valence electrons. The van der Waals surface area contributed by atoms with Gasteiger partial charge in [-0.05, 0) is 39.3 Å². The fourth-order valence-corrected chi connectivity index (χ4v) is 1.36. The summed E-state index contributed by atoms with van der Waals surface area (Å²) in [7, 11) is 0. The second-order valence-electron chi connectivity index (χ2n) is 5.58. The van der Waals surface area contributed by atoms with Crippen molar-refractivity contribution in [1.29, 1.82) is 0 Å². The third kappa shape index (κ3) is 6.40. The minimum Gasteiger partial charge on any atom is -0.443 e. The first kappa shape index (κ1) is 17.7. The monoisotopic (exact) mass is 310 g/mol. The summed E-state index contributed by atoms with van der Waals surface area (Å²) in [5, 5.41) is 11.8. The topological polar surface area (TPSA) is 113 Å². The molecule has 22 heavy (non-hydrogen) atoms. The van der Waals surface area contributed by atoms with Gasteiger partial charge in [0.15, 0.2) is 0 Å². The van der Waals surface area contributed by atoms with Crippen molar-refractivity contribution in [1.82, 2.24) is 15.7 Å². The van der Waals surface area contributed by atoms with Crippen LogP contribution in [0.3, 0.4) is 0 Å². The number of pyridine rings is 1. The number of rotatable bonds is 5. The van der Waals surface area contributed by atoms with Crippen LogP contribution < -0.4 is 16.2 Å². The molecule has 1 rings (SSSR count). The van der Waals surface area contributed by atoms with Gasteiger partial charge in [-0.2, -0.15) is 0 Å². The van der Waals surface area contributed by atoms with E-state index in [0.717, 1.165) is 0 Å². The zero-order valence-corrected chi connectivity index (χ0v) is 13.1. The normalized spacial score (nSPS) is 12.2. The van der Waals surface area contributed by atoms with E-state index in [2.05, 4.69) is 21.2 Å². The molecular formula is C14H22N4O4. The largest absolute Gasteiger partial charge is 0.443 e. The number of hydrogen-bond acceptors (Lipinski definition) is 6. The standard InChI is InChI=1S/C14H22N4O4/c1-5-11(19)16-12(20)9-6-7-10(15-8-9)17-18-13(21)22-14(2,3)4/h6-8,11,19H,5H2,1-4H3,(H,15,17)(H,16,20)(H,18,21). The van der Waals surface area contributed by atoms with Crippen molar-refractivity contribution in [3.63, 3.8) is 0 Å². The van der Waals surface area contributed by atoms with Crippen LogP contribution in [0, 0.1) is 0 Å². The Morgan fingerprint density at radius 2 is 2.05 bits per heavy atom. The van der Waals surface area contributed by atoms with Gasteiger partial charge in [0.1, 0.15) is 17.6 Å². The van der Waals surface area contributed by atoms with Gasteiger partial charge in [0.05, 0.1) is 5.56 Å². The van der Waals surface area contributed by atoms with Gasteiger partial charge < -0.3 is 15.2 Å². The van der Waals surface area contributed by atoms with Crippen molar-refractivity contribution in [2.75, 3.05) is 5.43 Å². The van der Waals surface area contributed by atoms with Crippen LogP contribution in [0.15, 0.2) is 18.3 Å². The Labute approximate surface area is 129 Å². The Hall–Kier alpha value is -2.35. The highest BCUT2D eigenvalue weighted by Crippen LogP contribution is 2.07. The van der Waals surface area contributed by atoms with Crippen molar-refractivity contribution in [2.24, 2.45) is 0 Å². The maximum atomic E-state index is 11.7. The fourth-order valence-electron chi connectivity index (χ4n) is 1.36. The average Bonchev–Trinajstić information content (AvgIpc) is 2.43. The number of amides is 2. The number of hydrogen-bond donors (Lipinski definition) is 4. The Morgan fingerprint density at radius 1 is 1.36 bits per heavy atom. The van der Waals surface area contributed by atoms with Crippen LogP contribution in [-0.4, -0.2) is 33.9 Å². The number of nitrogens with one attached hydrogen (secondary N) is 3. The number of aliphatic hydroxyl groups excluding tert-OH is 1. The van der Waals surface area contributed by atoms with E-state index in [4.69, 9.17) is 4.74 Å². The third-order valence-corrected chi connectivity index (χ3v) is 2.40. The van der Waals surface area contributed by atoms with E-state index in [1.807, 2.05) is 0 Å². The molecule has 0 saturated carbocycles. The molecule has 0 bridgehead atoms. The van der Waals surface area contributed by atoms with Gasteiger partial charge in [-0.15, -0.1) is 0 Å². The molecule has 0 aromatic carbocycles. The van der Waals surface area contributed by atoms with Crippen LogP contribution in [0.2, 0.25) is 0 Å². The first-order chi connectivity index (χ1) is 10.2. The molecule has 1 atom stereocenters. The van der Waals surface area contributed by atoms with Gasteiger partial charge in [0, 0.05) is 6.20 Å². The number of hydrazine groups is 1. The molecule has 0 aliphatic heterocycles. The second kappa shape index (κ2) is 7.60. The van der Waals surface area contributed by atoms with Crippen molar-refractivity contribution in [3.8, 4) is 0 Å². The lowest BCUT2D eigenvalue weighted by molar-refractivity contribution is 0.0540. The maximum Gasteiger partial charge on any atom is 0.426 e. The van der Waals surface area contributed by atoms with E-state index >= 15 is 0 Å². The quantitative estimate of drug-likeness (QED) is 0.483. The summed E-state index contributed by atoms with van der Waals surface area (Å²) in [6.07, 6.45) is 0.219. The van der Waals surface area contributed by atoms with Crippen LogP contribution in [0.4, 0.5) is 10.6 Å². The van der Waals surface area contributed by atoms with E-state index in [9.17, 15) is 14.7 Å². The van der Waals surface area contributed by atoms with E-state index in [-0.39, 0.29) is 0 Å². The smallest absolute Gasteiger partial charge is 0.426 e. The lowest BCUT2D eigenvalue weighted by atomic mass is 10.2. The molecule has 8 nitrogen and oxygen atoms in total. The molecule has 0 aliphatic rings. The number of aliphatic hydroxyl groups is 1. The van der Waals surface area contributed by atoms with Crippen molar-refractivity contribution in [2.45, 2.75) is 45.9 Å². The molecule has 2 amide bonds. The predicted molar refractivity (Wildman–Crippen MR) is 81.0 cm³/mol. The van der Waals surface area contributed by atoms with Gasteiger partial charge in [0.25, 0.3) is 5.91 Å². The molecule has 0 fully saturated rings. The van der Waals surface area contributed by atoms with Crippen LogP contribution in [0.1, 0.15) is 44.5 Å². The van der Waals surface area contributed by atoms with Gasteiger partial charge in [-0.1, -0.05) is 6.92 Å². The van der Waals surface area contributed by atoms with Gasteiger partial charge >= 0.3 is 6.09 Å². The van der Waals surface area contributed by atoms with Gasteiger partial charge in [-0.25, -0.2) is 15.2 Å². The SMILES string of the molecule is CCC(O)NC(=O)c1ccc(NNC(=O)OC(C)(C)C)nc1. The summed E-state index contributed by atoms with van der Waals surface area (Å²) in [4.78, 5) is 27.2. The molecule has 1 unspecified atom stereocenters. The van der Waals surface area contributed by atoms with Crippen LogP contribution >= 0.6 is 0 Å². The zero-order chi connectivity index (χ0) is 16.8. The number of anilines is 1. The molecule has 1 aromatic heterocycles. The van der Waals surface area contributed by atoms with E-state index < -0.39 is 23.8 Å². The average molecular weight is 310 g/mol. The maximum absolute atomic E-state index is 11.7. The molecule has 0 spiro atoms. The molecule has 1 heterocycles. The molecule has 8 heteroatoms. The lowest BCUT2D eigenvalue weighted by Gasteiger charge is -2.19. The van der Waals surface area contributed by atoms with Crippen LogP contribution in [-0.2, 0) is 4.74 Å². The predicted octanol–water partition coefficient (Wildman–Crippen LogP) is 1.39. The molecule has 4 N–H and O–H groups in total. The van der Waals surface area contributed by atoms with Gasteiger partial charge in [-0.3, -0.25) is 10.2 Å². The van der Waals surface area contributed by atoms with Crippen molar-refractivity contribution >= 4 is 17.8 Å². The van der Waals surface area contributed by atoms with Crippen LogP contribution in [0.5, 0.6) is 0 Å². The highest BCUT2D eigenvalue weighted by molar-refractivity contribution is 5.94. The first-order valence-corrected chi connectivity index (χ1v) is 6.91. The number of carbonyl (C=O) groups is 2. The molecular weight excluding hydrogens is 288 g/mol. The molecule has 0 radical (unpaired) electrons. The number of ether oxygens (including phenoxy) is 1. The summed E-state index contributed by atoms with van der Waals surface area (Å²) >= 11 is 0. The summed E-state index contributed by atoms with van der Waals surface area (Å²) in [6.45, 7) is 7.01. The van der Waals surface area contributed by atoms with E-state index in [0.29, 0.717) is 17.8 Å². The van der Waals surface area contributed by atoms with E-state index in [1.54, 1.807) is 27.7 Å². The van der Waals surface area contributed by atoms with Gasteiger partial charge in [0.2, 0.25) is 0 Å². The summed E-state index contributed by atoms with van der Waals surface area (Å²) < 4.78 is 5.05. The summed E-state index contributed by atoms with van der Waals surface area (Å²) in [6, 6.07) is 3.04. The van der Waals surface area contributed by atoms with Crippen molar-refractivity contribution in [3.05, 3.63) is 23.9 Å². The highest BCUT2D eigenvalue weighted by Gasteiger charge is 2.16. The Balaban J connectivity index is 2.51. The molecule has 1 aromatic rings.